The maximum atomic E-state index is 13.1. The Bertz CT molecular complexity index is 1310. The lowest BCUT2D eigenvalue weighted by Gasteiger charge is -2.12. The zero-order valence-electron chi connectivity index (χ0n) is 17.0. The van der Waals surface area contributed by atoms with E-state index in [1.807, 2.05) is 6.07 Å². The molecule has 0 saturated carbocycles. The third-order valence-electron chi connectivity index (χ3n) is 5.57. The number of hydrogen-bond donors (Lipinski definition) is 1. The maximum Gasteiger partial charge on any atom is 0.260 e. The molecule has 158 valence electrons. The first-order chi connectivity index (χ1) is 15.1. The summed E-state index contributed by atoms with van der Waals surface area (Å²) in [7, 11) is 1.57. The number of aromatic amines is 1. The Morgan fingerprint density at radius 1 is 1.10 bits per heavy atom. The Labute approximate surface area is 182 Å². The standard InChI is InChI=1S/C24H21FN2O3S/c1-29-19-12-15(8-11-18(19)30-13-14-6-9-16(25)10-7-14)22-26-23(28)21-17-4-2-3-5-20(17)31-24(21)27-22/h6-12H,2-5,13H2,1H3,(H,26,27,28). The Balaban J connectivity index is 1.45. The second kappa shape index (κ2) is 8.15. The maximum absolute atomic E-state index is 13.1. The number of ether oxygens (including phenoxy) is 2. The summed E-state index contributed by atoms with van der Waals surface area (Å²) in [6, 6.07) is 11.6. The number of thiophene rings is 1. The van der Waals surface area contributed by atoms with Crippen LogP contribution >= 0.6 is 11.3 Å². The molecule has 0 unspecified atom stereocenters. The smallest absolute Gasteiger partial charge is 0.260 e. The highest BCUT2D eigenvalue weighted by Gasteiger charge is 2.20. The average molecular weight is 437 g/mol. The monoisotopic (exact) mass is 436 g/mol. The zero-order chi connectivity index (χ0) is 21.4. The number of hydrogen-bond acceptors (Lipinski definition) is 5. The Morgan fingerprint density at radius 2 is 1.90 bits per heavy atom. The molecule has 0 radical (unpaired) electrons. The summed E-state index contributed by atoms with van der Waals surface area (Å²) in [5.74, 6) is 1.33. The van der Waals surface area contributed by atoms with Gasteiger partial charge in [0, 0.05) is 10.4 Å². The average Bonchev–Trinajstić information content (AvgIpc) is 3.17. The summed E-state index contributed by atoms with van der Waals surface area (Å²) >= 11 is 1.63. The first-order valence-corrected chi connectivity index (χ1v) is 11.0. The van der Waals surface area contributed by atoms with Crippen molar-refractivity contribution < 1.29 is 13.9 Å². The number of nitrogens with zero attached hydrogens (tertiary/aromatic N) is 1. The molecule has 2 aromatic carbocycles. The number of methoxy groups -OCH3 is 1. The summed E-state index contributed by atoms with van der Waals surface area (Å²) in [5, 5.41) is 0.745. The molecule has 4 aromatic rings. The van der Waals surface area contributed by atoms with E-state index in [1.54, 1.807) is 42.7 Å². The van der Waals surface area contributed by atoms with E-state index in [4.69, 9.17) is 14.5 Å². The fraction of sp³-hybridized carbons (Fsp3) is 0.250. The van der Waals surface area contributed by atoms with Gasteiger partial charge in [-0.15, -0.1) is 11.3 Å². The van der Waals surface area contributed by atoms with E-state index >= 15 is 0 Å². The zero-order valence-corrected chi connectivity index (χ0v) is 17.9. The highest BCUT2D eigenvalue weighted by Crippen LogP contribution is 2.36. The predicted molar refractivity (Wildman–Crippen MR) is 120 cm³/mol. The number of aromatic nitrogens is 2. The lowest BCUT2D eigenvalue weighted by atomic mass is 9.97. The van der Waals surface area contributed by atoms with Crippen molar-refractivity contribution >= 4 is 21.6 Å². The van der Waals surface area contributed by atoms with Gasteiger partial charge in [-0.05, 0) is 67.1 Å². The highest BCUT2D eigenvalue weighted by atomic mass is 32.1. The van der Waals surface area contributed by atoms with Crippen molar-refractivity contribution in [3.05, 3.63) is 74.6 Å². The first kappa shape index (κ1) is 19.8. The summed E-state index contributed by atoms with van der Waals surface area (Å²) < 4.78 is 24.4. The van der Waals surface area contributed by atoms with Crippen molar-refractivity contribution in [2.45, 2.75) is 32.3 Å². The number of H-pyrrole nitrogens is 1. The molecule has 0 aliphatic heterocycles. The van der Waals surface area contributed by atoms with Gasteiger partial charge in [0.25, 0.3) is 5.56 Å². The van der Waals surface area contributed by atoms with Crippen LogP contribution in [0.2, 0.25) is 0 Å². The van der Waals surface area contributed by atoms with Gasteiger partial charge in [0.1, 0.15) is 23.1 Å². The second-order valence-corrected chi connectivity index (χ2v) is 8.67. The van der Waals surface area contributed by atoms with Crippen LogP contribution in [0.4, 0.5) is 4.39 Å². The minimum atomic E-state index is -0.282. The molecule has 0 fully saturated rings. The van der Waals surface area contributed by atoms with Gasteiger partial charge in [-0.2, -0.15) is 0 Å². The normalized spacial score (nSPS) is 13.2. The van der Waals surface area contributed by atoms with Crippen LogP contribution in [0.15, 0.2) is 47.3 Å². The molecule has 0 amide bonds. The van der Waals surface area contributed by atoms with Gasteiger partial charge in [0.2, 0.25) is 0 Å². The topological polar surface area (TPSA) is 64.2 Å². The molecule has 0 atom stereocenters. The van der Waals surface area contributed by atoms with Gasteiger partial charge in [0.05, 0.1) is 12.5 Å². The van der Waals surface area contributed by atoms with Crippen LogP contribution in [-0.4, -0.2) is 17.1 Å². The quantitative estimate of drug-likeness (QED) is 0.464. The van der Waals surface area contributed by atoms with Crippen LogP contribution < -0.4 is 15.0 Å². The summed E-state index contributed by atoms with van der Waals surface area (Å²) in [5.41, 5.74) is 2.69. The lowest BCUT2D eigenvalue weighted by molar-refractivity contribution is 0.284. The molecule has 2 aromatic heterocycles. The van der Waals surface area contributed by atoms with Gasteiger partial charge in [-0.3, -0.25) is 4.79 Å². The Kier molecular flexibility index (Phi) is 5.19. The van der Waals surface area contributed by atoms with Crippen LogP contribution in [0.25, 0.3) is 21.6 Å². The van der Waals surface area contributed by atoms with Crippen LogP contribution in [0.5, 0.6) is 11.5 Å². The van der Waals surface area contributed by atoms with Crippen LogP contribution in [-0.2, 0) is 19.4 Å². The van der Waals surface area contributed by atoms with E-state index in [2.05, 4.69) is 4.98 Å². The van der Waals surface area contributed by atoms with Crippen molar-refractivity contribution in [2.75, 3.05) is 7.11 Å². The molecular weight excluding hydrogens is 415 g/mol. The van der Waals surface area contributed by atoms with E-state index in [1.165, 1.54) is 29.0 Å². The number of rotatable bonds is 5. The van der Waals surface area contributed by atoms with Crippen LogP contribution in [0.1, 0.15) is 28.8 Å². The van der Waals surface area contributed by atoms with Gasteiger partial charge in [-0.25, -0.2) is 9.37 Å². The molecule has 2 heterocycles. The molecule has 1 N–H and O–H groups in total. The summed E-state index contributed by atoms with van der Waals surface area (Å²) in [6.45, 7) is 0.289. The lowest BCUT2D eigenvalue weighted by Crippen LogP contribution is -2.11. The van der Waals surface area contributed by atoms with E-state index in [0.29, 0.717) is 17.3 Å². The molecule has 0 bridgehead atoms. The van der Waals surface area contributed by atoms with E-state index < -0.39 is 0 Å². The number of aryl methyl sites for hydroxylation is 2. The van der Waals surface area contributed by atoms with E-state index in [-0.39, 0.29) is 18.0 Å². The van der Waals surface area contributed by atoms with Gasteiger partial charge in [0.15, 0.2) is 11.5 Å². The van der Waals surface area contributed by atoms with Crippen molar-refractivity contribution in [2.24, 2.45) is 0 Å². The number of halogens is 1. The van der Waals surface area contributed by atoms with Crippen molar-refractivity contribution in [1.82, 2.24) is 9.97 Å². The minimum absolute atomic E-state index is 0.0880. The highest BCUT2D eigenvalue weighted by molar-refractivity contribution is 7.18. The molecule has 5 rings (SSSR count). The third kappa shape index (κ3) is 3.81. The molecule has 0 saturated heterocycles. The number of benzene rings is 2. The molecule has 1 aliphatic carbocycles. The SMILES string of the molecule is COc1cc(-c2nc3sc4c(c3c(=O)[nH]2)CCCC4)ccc1OCc1ccc(F)cc1. The molecule has 0 spiro atoms. The molecule has 5 nitrogen and oxygen atoms in total. The van der Waals surface area contributed by atoms with Crippen LogP contribution in [0.3, 0.4) is 0 Å². The largest absolute Gasteiger partial charge is 0.493 e. The number of nitrogens with one attached hydrogen (secondary N) is 1. The van der Waals surface area contributed by atoms with E-state index in [0.717, 1.165) is 40.6 Å². The molecular formula is C24H21FN2O3S. The fourth-order valence-electron chi connectivity index (χ4n) is 3.98. The van der Waals surface area contributed by atoms with Crippen molar-refractivity contribution in [1.29, 1.82) is 0 Å². The number of fused-ring (bicyclic) bond motifs is 3. The van der Waals surface area contributed by atoms with Crippen molar-refractivity contribution in [3.8, 4) is 22.9 Å². The van der Waals surface area contributed by atoms with E-state index in [9.17, 15) is 9.18 Å². The summed E-state index contributed by atoms with van der Waals surface area (Å²) in [4.78, 5) is 22.6. The predicted octanol–water partition coefficient (Wildman–Crippen LogP) is 5.26. The van der Waals surface area contributed by atoms with Gasteiger partial charge in [-0.1, -0.05) is 12.1 Å². The van der Waals surface area contributed by atoms with Crippen LogP contribution in [0, 0.1) is 5.82 Å². The molecule has 1 aliphatic rings. The molecule has 7 heteroatoms. The first-order valence-electron chi connectivity index (χ1n) is 10.2. The minimum Gasteiger partial charge on any atom is -0.493 e. The summed E-state index contributed by atoms with van der Waals surface area (Å²) in [6.07, 6.45) is 4.27. The third-order valence-corrected chi connectivity index (χ3v) is 6.76. The van der Waals surface area contributed by atoms with Crippen molar-refractivity contribution in [3.63, 3.8) is 0 Å². The van der Waals surface area contributed by atoms with Gasteiger partial charge >= 0.3 is 0 Å². The Hall–Kier alpha value is -3.19. The fourth-order valence-corrected chi connectivity index (χ4v) is 5.24. The van der Waals surface area contributed by atoms with Gasteiger partial charge < -0.3 is 14.5 Å². The molecule has 31 heavy (non-hydrogen) atoms. The Morgan fingerprint density at radius 3 is 2.71 bits per heavy atom. The second-order valence-electron chi connectivity index (χ2n) is 7.59.